The zero-order chi connectivity index (χ0) is 14.9. The van der Waals surface area contributed by atoms with Crippen molar-refractivity contribution in [2.75, 3.05) is 20.3 Å². The molecule has 5 nitrogen and oxygen atoms in total. The van der Waals surface area contributed by atoms with Crippen molar-refractivity contribution < 1.29 is 23.7 Å². The maximum atomic E-state index is 10.5. The molecule has 112 valence electrons. The highest BCUT2D eigenvalue weighted by Crippen LogP contribution is 2.36. The predicted molar refractivity (Wildman–Crippen MR) is 75.0 cm³/mol. The van der Waals surface area contributed by atoms with E-state index in [0.717, 1.165) is 0 Å². The Morgan fingerprint density at radius 2 is 1.86 bits per heavy atom. The van der Waals surface area contributed by atoms with E-state index in [1.54, 1.807) is 38.3 Å². The summed E-state index contributed by atoms with van der Waals surface area (Å²) < 4.78 is 22.1. The second-order valence-electron chi connectivity index (χ2n) is 4.99. The number of para-hydroxylation sites is 1. The average Bonchev–Trinajstić information content (AvgIpc) is 3.16. The number of rotatable bonds is 4. The summed E-state index contributed by atoms with van der Waals surface area (Å²) in [6.07, 6.45) is -0.903. The third-order valence-electron chi connectivity index (χ3n) is 3.62. The molecule has 1 saturated heterocycles. The summed E-state index contributed by atoms with van der Waals surface area (Å²) >= 11 is 0. The lowest BCUT2D eigenvalue weighted by Crippen LogP contribution is -2.21. The maximum Gasteiger partial charge on any atom is 0.225 e. The summed E-state index contributed by atoms with van der Waals surface area (Å²) in [7, 11) is 1.57. The van der Waals surface area contributed by atoms with E-state index >= 15 is 0 Å². The molecule has 0 aliphatic carbocycles. The zero-order valence-electron chi connectivity index (χ0n) is 12.0. The van der Waals surface area contributed by atoms with Gasteiger partial charge in [0.1, 0.15) is 17.6 Å². The first kappa shape index (κ1) is 14.1. The Morgan fingerprint density at radius 1 is 1.14 bits per heavy atom. The van der Waals surface area contributed by atoms with Crippen LogP contribution in [0.3, 0.4) is 0 Å². The molecule has 1 fully saturated rings. The maximum absolute atomic E-state index is 10.5. The molecule has 2 heterocycles. The van der Waals surface area contributed by atoms with E-state index in [9.17, 15) is 5.11 Å². The molecule has 1 aliphatic heterocycles. The lowest BCUT2D eigenvalue weighted by molar-refractivity contribution is -0.163. The number of hydrogen-bond acceptors (Lipinski definition) is 5. The van der Waals surface area contributed by atoms with Crippen molar-refractivity contribution >= 4 is 0 Å². The van der Waals surface area contributed by atoms with Crippen LogP contribution in [0, 0.1) is 0 Å². The first-order chi connectivity index (χ1) is 10.1. The van der Waals surface area contributed by atoms with Gasteiger partial charge in [-0.25, -0.2) is 0 Å². The minimum absolute atomic E-state index is 0.426. The summed E-state index contributed by atoms with van der Waals surface area (Å²) in [4.78, 5) is 0. The van der Waals surface area contributed by atoms with Gasteiger partial charge >= 0.3 is 0 Å². The predicted octanol–water partition coefficient (Wildman–Crippen LogP) is 2.59. The van der Waals surface area contributed by atoms with Crippen molar-refractivity contribution in [1.29, 1.82) is 0 Å². The summed E-state index contributed by atoms with van der Waals surface area (Å²) in [5.41, 5.74) is 0.652. The Labute approximate surface area is 123 Å². The van der Waals surface area contributed by atoms with E-state index in [2.05, 4.69) is 0 Å². The van der Waals surface area contributed by atoms with Crippen molar-refractivity contribution in [2.24, 2.45) is 0 Å². The third-order valence-corrected chi connectivity index (χ3v) is 3.62. The van der Waals surface area contributed by atoms with Crippen molar-refractivity contribution in [3.05, 3.63) is 53.5 Å². The van der Waals surface area contributed by atoms with Gasteiger partial charge in [0.15, 0.2) is 5.76 Å². The molecular formula is C16H18O5. The van der Waals surface area contributed by atoms with Crippen LogP contribution in [0.25, 0.3) is 0 Å². The highest BCUT2D eigenvalue weighted by Gasteiger charge is 2.37. The number of ether oxygens (including phenoxy) is 3. The van der Waals surface area contributed by atoms with Crippen molar-refractivity contribution in [2.45, 2.75) is 18.8 Å². The van der Waals surface area contributed by atoms with E-state index in [1.807, 2.05) is 12.1 Å². The molecule has 21 heavy (non-hydrogen) atoms. The van der Waals surface area contributed by atoms with Gasteiger partial charge in [0.25, 0.3) is 0 Å². The number of benzene rings is 1. The topological polar surface area (TPSA) is 61.1 Å². The van der Waals surface area contributed by atoms with Crippen molar-refractivity contribution in [3.8, 4) is 5.75 Å². The van der Waals surface area contributed by atoms with Crippen LogP contribution in [-0.4, -0.2) is 25.4 Å². The molecule has 2 aromatic rings. The Bertz CT molecular complexity index is 613. The molecule has 3 rings (SSSR count). The second-order valence-corrected chi connectivity index (χ2v) is 4.99. The molecule has 0 amide bonds. The van der Waals surface area contributed by atoms with Gasteiger partial charge < -0.3 is 23.7 Å². The van der Waals surface area contributed by atoms with Gasteiger partial charge in [0, 0.05) is 5.56 Å². The van der Waals surface area contributed by atoms with E-state index < -0.39 is 11.9 Å². The highest BCUT2D eigenvalue weighted by atomic mass is 16.7. The lowest BCUT2D eigenvalue weighted by atomic mass is 10.1. The average molecular weight is 290 g/mol. The molecule has 0 radical (unpaired) electrons. The quantitative estimate of drug-likeness (QED) is 0.937. The summed E-state index contributed by atoms with van der Waals surface area (Å²) in [6, 6.07) is 10.8. The fourth-order valence-electron chi connectivity index (χ4n) is 2.45. The molecule has 0 spiro atoms. The molecule has 1 aromatic heterocycles. The Kier molecular flexibility index (Phi) is 3.71. The van der Waals surface area contributed by atoms with Gasteiger partial charge in [0.05, 0.1) is 20.3 Å². The van der Waals surface area contributed by atoms with Gasteiger partial charge in [-0.05, 0) is 25.1 Å². The second kappa shape index (κ2) is 5.52. The van der Waals surface area contributed by atoms with E-state index in [4.69, 9.17) is 18.6 Å². The van der Waals surface area contributed by atoms with Gasteiger partial charge in [0.2, 0.25) is 5.79 Å². The van der Waals surface area contributed by atoms with Crippen molar-refractivity contribution in [1.82, 2.24) is 0 Å². The van der Waals surface area contributed by atoms with Crippen LogP contribution in [0.1, 0.15) is 30.1 Å². The fraction of sp³-hybridized carbons (Fsp3) is 0.375. The first-order valence-electron chi connectivity index (χ1n) is 6.83. The molecule has 0 saturated carbocycles. The summed E-state index contributed by atoms with van der Waals surface area (Å²) in [5, 5.41) is 10.5. The smallest absolute Gasteiger partial charge is 0.225 e. The number of aliphatic hydroxyl groups excluding tert-OH is 1. The van der Waals surface area contributed by atoms with E-state index in [-0.39, 0.29) is 0 Å². The van der Waals surface area contributed by atoms with Crippen molar-refractivity contribution in [3.63, 3.8) is 0 Å². The van der Waals surface area contributed by atoms with Crippen LogP contribution in [0.4, 0.5) is 0 Å². The molecule has 1 atom stereocenters. The van der Waals surface area contributed by atoms with Crippen LogP contribution in [0.15, 0.2) is 40.8 Å². The summed E-state index contributed by atoms with van der Waals surface area (Å²) in [5.74, 6) is 0.708. The highest BCUT2D eigenvalue weighted by molar-refractivity contribution is 5.38. The van der Waals surface area contributed by atoms with Gasteiger partial charge in [-0.2, -0.15) is 0 Å². The SMILES string of the molecule is COc1ccccc1C(O)c1ccc(C2(C)OCCO2)o1. The van der Waals surface area contributed by atoms with Gasteiger partial charge in [-0.3, -0.25) is 0 Å². The minimum Gasteiger partial charge on any atom is -0.496 e. The molecule has 1 aliphatic rings. The monoisotopic (exact) mass is 290 g/mol. The van der Waals surface area contributed by atoms with Gasteiger partial charge in [-0.15, -0.1) is 0 Å². The van der Waals surface area contributed by atoms with Crippen LogP contribution in [0.2, 0.25) is 0 Å². The Morgan fingerprint density at radius 3 is 2.57 bits per heavy atom. The van der Waals surface area contributed by atoms with Crippen LogP contribution in [0.5, 0.6) is 5.75 Å². The molecule has 0 bridgehead atoms. The van der Waals surface area contributed by atoms with E-state index in [0.29, 0.717) is 36.0 Å². The fourth-order valence-corrected chi connectivity index (χ4v) is 2.45. The largest absolute Gasteiger partial charge is 0.496 e. The van der Waals surface area contributed by atoms with Crippen LogP contribution < -0.4 is 4.74 Å². The van der Waals surface area contributed by atoms with Gasteiger partial charge in [-0.1, -0.05) is 18.2 Å². The van der Waals surface area contributed by atoms with Crippen LogP contribution >= 0.6 is 0 Å². The Hall–Kier alpha value is -1.82. The molecule has 1 N–H and O–H groups in total. The van der Waals surface area contributed by atoms with E-state index in [1.165, 1.54) is 0 Å². The minimum atomic E-state index is -0.903. The lowest BCUT2D eigenvalue weighted by Gasteiger charge is -2.19. The Balaban J connectivity index is 1.89. The third kappa shape index (κ3) is 2.55. The number of hydrogen-bond donors (Lipinski definition) is 1. The molecule has 1 aromatic carbocycles. The standard InChI is InChI=1S/C16H18O5/c1-16(19-9-10-20-16)14-8-7-13(21-14)15(17)11-5-3-4-6-12(11)18-2/h3-8,15,17H,9-10H2,1-2H3. The first-order valence-corrected chi connectivity index (χ1v) is 6.83. The number of aliphatic hydroxyl groups is 1. The normalized spacial score (nSPS) is 18.6. The number of methoxy groups -OCH3 is 1. The van der Waals surface area contributed by atoms with Crippen LogP contribution in [-0.2, 0) is 15.3 Å². The molecular weight excluding hydrogens is 272 g/mol. The molecule has 1 unspecified atom stereocenters. The number of furan rings is 1. The molecule has 5 heteroatoms. The summed E-state index contributed by atoms with van der Waals surface area (Å²) in [6.45, 7) is 2.86. The zero-order valence-corrected chi connectivity index (χ0v) is 12.0.